The number of carbonyl (C=O) groups excluding carboxylic acids is 1. The zero-order valence-electron chi connectivity index (χ0n) is 12.4. The molecule has 1 aromatic rings. The van der Waals surface area contributed by atoms with Gasteiger partial charge in [0.2, 0.25) is 5.91 Å². The van der Waals surface area contributed by atoms with Gasteiger partial charge in [0.1, 0.15) is 0 Å². The average molecular weight is 307 g/mol. The third-order valence-electron chi connectivity index (χ3n) is 3.93. The highest BCUT2D eigenvalue weighted by Gasteiger charge is 2.38. The molecule has 1 N–H and O–H groups in total. The van der Waals surface area contributed by atoms with E-state index in [2.05, 4.69) is 0 Å². The van der Waals surface area contributed by atoms with Gasteiger partial charge in [-0.1, -0.05) is 37.3 Å². The lowest BCUT2D eigenvalue weighted by Gasteiger charge is -2.20. The average Bonchev–Trinajstić information content (AvgIpc) is 2.87. The minimum absolute atomic E-state index is 0.0257. The molecular formula is C16H21NO3S. The molecule has 5 heteroatoms. The van der Waals surface area contributed by atoms with Crippen LogP contribution in [0, 0.1) is 11.8 Å². The molecule has 1 aromatic carbocycles. The largest absolute Gasteiger partial charge is 0.481 e. The molecule has 0 spiro atoms. The number of carboxylic acid groups (broad SMARTS) is 1. The molecular weight excluding hydrogens is 286 g/mol. The quantitative estimate of drug-likeness (QED) is 0.908. The normalized spacial score (nSPS) is 23.0. The number of nitrogens with zero attached hydrogens (tertiary/aromatic N) is 1. The molecule has 114 valence electrons. The Balaban J connectivity index is 1.87. The zero-order chi connectivity index (χ0) is 15.4. The van der Waals surface area contributed by atoms with Crippen LogP contribution >= 0.6 is 11.8 Å². The summed E-state index contributed by atoms with van der Waals surface area (Å²) in [5.41, 5.74) is 1.19. The topological polar surface area (TPSA) is 57.6 Å². The molecule has 0 aromatic heterocycles. The van der Waals surface area contributed by atoms with Gasteiger partial charge in [-0.05, 0) is 18.4 Å². The summed E-state index contributed by atoms with van der Waals surface area (Å²) >= 11 is 1.60. The van der Waals surface area contributed by atoms with E-state index < -0.39 is 11.9 Å². The summed E-state index contributed by atoms with van der Waals surface area (Å²) in [6.07, 6.45) is 0. The van der Waals surface area contributed by atoms with Crippen molar-refractivity contribution < 1.29 is 14.7 Å². The van der Waals surface area contributed by atoms with Crippen LogP contribution in [0.25, 0.3) is 0 Å². The van der Waals surface area contributed by atoms with Crippen molar-refractivity contribution in [2.45, 2.75) is 24.9 Å². The van der Waals surface area contributed by atoms with Gasteiger partial charge in [-0.15, -0.1) is 11.8 Å². The van der Waals surface area contributed by atoms with E-state index in [4.69, 9.17) is 5.11 Å². The van der Waals surface area contributed by atoms with Crippen LogP contribution in [0.4, 0.5) is 0 Å². The van der Waals surface area contributed by atoms with Crippen molar-refractivity contribution in [2.75, 3.05) is 13.1 Å². The summed E-state index contributed by atoms with van der Waals surface area (Å²) in [5.74, 6) is -0.369. The number of carboxylic acids is 1. The van der Waals surface area contributed by atoms with E-state index in [0.29, 0.717) is 13.1 Å². The van der Waals surface area contributed by atoms with E-state index in [1.54, 1.807) is 16.7 Å². The summed E-state index contributed by atoms with van der Waals surface area (Å²) in [6, 6.07) is 10.0. The van der Waals surface area contributed by atoms with E-state index >= 15 is 0 Å². The Hall–Kier alpha value is -1.49. The van der Waals surface area contributed by atoms with E-state index in [0.717, 1.165) is 5.75 Å². The van der Waals surface area contributed by atoms with Crippen molar-refractivity contribution in [1.82, 2.24) is 4.90 Å². The van der Waals surface area contributed by atoms with Gasteiger partial charge < -0.3 is 10.0 Å². The third-order valence-corrected chi connectivity index (χ3v) is 5.13. The molecule has 1 heterocycles. The fourth-order valence-electron chi connectivity index (χ4n) is 2.59. The second kappa shape index (κ2) is 6.98. The van der Waals surface area contributed by atoms with Gasteiger partial charge in [-0.25, -0.2) is 0 Å². The molecule has 3 atom stereocenters. The van der Waals surface area contributed by atoms with Gasteiger partial charge in [0.25, 0.3) is 0 Å². The molecule has 2 rings (SSSR count). The zero-order valence-corrected chi connectivity index (χ0v) is 13.2. The van der Waals surface area contributed by atoms with Crippen molar-refractivity contribution in [1.29, 1.82) is 0 Å². The van der Waals surface area contributed by atoms with Crippen LogP contribution in [0.1, 0.15) is 19.4 Å². The smallest absolute Gasteiger partial charge is 0.308 e. The van der Waals surface area contributed by atoms with Crippen LogP contribution in [-0.2, 0) is 15.3 Å². The van der Waals surface area contributed by atoms with E-state index in [1.807, 2.05) is 44.2 Å². The summed E-state index contributed by atoms with van der Waals surface area (Å²) in [7, 11) is 0. The fraction of sp³-hybridized carbons (Fsp3) is 0.500. The number of hydrogen-bond acceptors (Lipinski definition) is 3. The molecule has 1 fully saturated rings. The number of amides is 1. The molecule has 0 aliphatic carbocycles. The van der Waals surface area contributed by atoms with Crippen molar-refractivity contribution in [2.24, 2.45) is 11.8 Å². The molecule has 0 bridgehead atoms. The predicted molar refractivity (Wildman–Crippen MR) is 84.1 cm³/mol. The van der Waals surface area contributed by atoms with Crippen LogP contribution in [0.2, 0.25) is 0 Å². The van der Waals surface area contributed by atoms with Gasteiger partial charge in [0.15, 0.2) is 0 Å². The summed E-state index contributed by atoms with van der Waals surface area (Å²) in [4.78, 5) is 25.2. The second-order valence-corrected chi connectivity index (χ2v) is 6.93. The Morgan fingerprint density at radius 2 is 2.00 bits per heavy atom. The summed E-state index contributed by atoms with van der Waals surface area (Å²) in [5, 5.41) is 8.98. The monoisotopic (exact) mass is 307 g/mol. The molecule has 1 amide bonds. The highest BCUT2D eigenvalue weighted by molar-refractivity contribution is 7.99. The number of rotatable bonds is 5. The van der Waals surface area contributed by atoms with E-state index in [-0.39, 0.29) is 17.1 Å². The standard InChI is InChI=1S/C16H21NO3S/c1-11-8-17(9-14(11)16(19)20)15(18)12(2)21-10-13-6-4-3-5-7-13/h3-7,11-12,14H,8-10H2,1-2H3,(H,19,20)/t11-,12?,14-/m1/s1. The van der Waals surface area contributed by atoms with Crippen LogP contribution in [0.3, 0.4) is 0 Å². The molecule has 1 saturated heterocycles. The van der Waals surface area contributed by atoms with E-state index in [1.165, 1.54) is 5.56 Å². The number of carbonyl (C=O) groups is 2. The van der Waals surface area contributed by atoms with Crippen molar-refractivity contribution in [3.05, 3.63) is 35.9 Å². The first-order chi connectivity index (χ1) is 9.99. The molecule has 4 nitrogen and oxygen atoms in total. The number of benzene rings is 1. The summed E-state index contributed by atoms with van der Waals surface area (Å²) in [6.45, 7) is 4.68. The van der Waals surface area contributed by atoms with Gasteiger partial charge in [-0.2, -0.15) is 0 Å². The van der Waals surface area contributed by atoms with Crippen LogP contribution in [0.5, 0.6) is 0 Å². The van der Waals surface area contributed by atoms with Crippen LogP contribution in [-0.4, -0.2) is 40.2 Å². The first-order valence-electron chi connectivity index (χ1n) is 7.16. The Labute approximate surface area is 129 Å². The highest BCUT2D eigenvalue weighted by atomic mass is 32.2. The van der Waals surface area contributed by atoms with Gasteiger partial charge in [-0.3, -0.25) is 9.59 Å². The van der Waals surface area contributed by atoms with Crippen LogP contribution in [0.15, 0.2) is 30.3 Å². The lowest BCUT2D eigenvalue weighted by molar-refractivity contribution is -0.142. The lowest BCUT2D eigenvalue weighted by atomic mass is 9.99. The molecule has 1 aliphatic heterocycles. The lowest BCUT2D eigenvalue weighted by Crippen LogP contribution is -2.35. The molecule has 1 aliphatic rings. The Kier molecular flexibility index (Phi) is 5.28. The van der Waals surface area contributed by atoms with Crippen molar-refractivity contribution in [3.8, 4) is 0 Å². The first kappa shape index (κ1) is 15.9. The van der Waals surface area contributed by atoms with Crippen molar-refractivity contribution in [3.63, 3.8) is 0 Å². The molecule has 1 unspecified atom stereocenters. The maximum absolute atomic E-state index is 12.4. The van der Waals surface area contributed by atoms with E-state index in [9.17, 15) is 9.59 Å². The maximum Gasteiger partial charge on any atom is 0.308 e. The minimum Gasteiger partial charge on any atom is -0.481 e. The van der Waals surface area contributed by atoms with Gasteiger partial charge in [0, 0.05) is 18.8 Å². The SMILES string of the molecule is CC(SCc1ccccc1)C(=O)N1C[C@@H](C)[C@H](C(=O)O)C1. The number of likely N-dealkylation sites (tertiary alicyclic amines) is 1. The maximum atomic E-state index is 12.4. The first-order valence-corrected chi connectivity index (χ1v) is 8.21. The Morgan fingerprint density at radius 3 is 2.57 bits per heavy atom. The molecule has 21 heavy (non-hydrogen) atoms. The van der Waals surface area contributed by atoms with Gasteiger partial charge >= 0.3 is 5.97 Å². The Bertz CT molecular complexity index is 506. The molecule has 0 saturated carbocycles. The molecule has 0 radical (unpaired) electrons. The number of aliphatic carboxylic acids is 1. The predicted octanol–water partition coefficient (Wildman–Crippen LogP) is 2.49. The fourth-order valence-corrected chi connectivity index (χ4v) is 3.52. The second-order valence-electron chi connectivity index (χ2n) is 5.60. The summed E-state index contributed by atoms with van der Waals surface area (Å²) < 4.78 is 0. The Morgan fingerprint density at radius 1 is 1.33 bits per heavy atom. The van der Waals surface area contributed by atoms with Gasteiger partial charge in [0.05, 0.1) is 11.2 Å². The van der Waals surface area contributed by atoms with Crippen LogP contribution < -0.4 is 0 Å². The number of thioether (sulfide) groups is 1. The van der Waals surface area contributed by atoms with Crippen molar-refractivity contribution >= 4 is 23.6 Å². The third kappa shape index (κ3) is 4.00. The number of hydrogen-bond donors (Lipinski definition) is 1. The minimum atomic E-state index is -0.803. The highest BCUT2D eigenvalue weighted by Crippen LogP contribution is 2.26.